The minimum atomic E-state index is -0.657. The van der Waals surface area contributed by atoms with Gasteiger partial charge in [-0.3, -0.25) is 0 Å². The van der Waals surface area contributed by atoms with Crippen molar-refractivity contribution in [1.82, 2.24) is 0 Å². The molecule has 17 heavy (non-hydrogen) atoms. The van der Waals surface area contributed by atoms with E-state index in [2.05, 4.69) is 0 Å². The van der Waals surface area contributed by atoms with Crippen LogP contribution in [0.4, 0.5) is 14.5 Å². The van der Waals surface area contributed by atoms with E-state index in [1.165, 1.54) is 0 Å². The maximum atomic E-state index is 13.8. The lowest BCUT2D eigenvalue weighted by atomic mass is 10.1. The van der Waals surface area contributed by atoms with Gasteiger partial charge >= 0.3 is 0 Å². The van der Waals surface area contributed by atoms with Crippen molar-refractivity contribution in [3.05, 3.63) is 29.3 Å². The smallest absolute Gasteiger partial charge is 0.150 e. The van der Waals surface area contributed by atoms with Gasteiger partial charge in [-0.2, -0.15) is 5.26 Å². The normalized spacial score (nSPS) is 15.9. The Balaban J connectivity index is 2.35. The third-order valence-corrected chi connectivity index (χ3v) is 3.37. The maximum absolute atomic E-state index is 13.8. The van der Waals surface area contributed by atoms with Crippen LogP contribution >= 0.6 is 0 Å². The van der Waals surface area contributed by atoms with Gasteiger partial charge in [0.2, 0.25) is 0 Å². The maximum Gasteiger partial charge on any atom is 0.150 e. The molecule has 1 fully saturated rings. The zero-order valence-electron chi connectivity index (χ0n) is 9.71. The van der Waals surface area contributed by atoms with Gasteiger partial charge in [0.1, 0.15) is 5.69 Å². The molecular formula is C13H14F2N2. The minimum absolute atomic E-state index is 0.0172. The quantitative estimate of drug-likeness (QED) is 0.788. The number of hydrogen-bond acceptors (Lipinski definition) is 2. The van der Waals surface area contributed by atoms with Gasteiger partial charge in [-0.05, 0) is 25.0 Å². The molecule has 0 atom stereocenters. The predicted octanol–water partition coefficient (Wildman–Crippen LogP) is 3.22. The number of nitriles is 1. The molecule has 0 N–H and O–H groups in total. The van der Waals surface area contributed by atoms with E-state index in [9.17, 15) is 8.78 Å². The number of rotatable bonds is 2. The summed E-state index contributed by atoms with van der Waals surface area (Å²) in [5.41, 5.74) is -0.000489. The first-order chi connectivity index (χ1) is 8.13. The van der Waals surface area contributed by atoms with Crippen LogP contribution < -0.4 is 4.90 Å². The summed E-state index contributed by atoms with van der Waals surface area (Å²) in [5.74, 6) is -1.31. The Labute approximate surface area is 99.5 Å². The topological polar surface area (TPSA) is 27.0 Å². The van der Waals surface area contributed by atoms with Crippen molar-refractivity contribution < 1.29 is 8.78 Å². The molecule has 0 amide bonds. The molecule has 0 heterocycles. The molecular weight excluding hydrogens is 222 g/mol. The molecule has 0 saturated heterocycles. The number of halogens is 2. The summed E-state index contributed by atoms with van der Waals surface area (Å²) in [6.07, 6.45) is 4.15. The van der Waals surface area contributed by atoms with Gasteiger partial charge in [0.15, 0.2) is 11.6 Å². The van der Waals surface area contributed by atoms with Crippen LogP contribution in [0, 0.1) is 23.0 Å². The lowest BCUT2D eigenvalue weighted by Crippen LogP contribution is -2.30. The minimum Gasteiger partial charge on any atom is -0.367 e. The highest BCUT2D eigenvalue weighted by molar-refractivity contribution is 5.52. The Morgan fingerprint density at radius 3 is 2.24 bits per heavy atom. The molecule has 2 nitrogen and oxygen atoms in total. The highest BCUT2D eigenvalue weighted by Gasteiger charge is 2.24. The molecule has 0 spiro atoms. The molecule has 0 aromatic heterocycles. The predicted molar refractivity (Wildman–Crippen MR) is 61.7 cm³/mol. The van der Waals surface area contributed by atoms with Gasteiger partial charge in [-0.25, -0.2) is 8.78 Å². The number of anilines is 1. The van der Waals surface area contributed by atoms with Crippen molar-refractivity contribution in [3.8, 4) is 6.07 Å². The monoisotopic (exact) mass is 236 g/mol. The first kappa shape index (κ1) is 11.8. The second-order valence-electron chi connectivity index (χ2n) is 4.45. The summed E-state index contributed by atoms with van der Waals surface area (Å²) in [4.78, 5) is 1.67. The van der Waals surface area contributed by atoms with Gasteiger partial charge in [0.25, 0.3) is 0 Å². The Bertz CT molecular complexity index is 436. The molecule has 1 aromatic carbocycles. The molecule has 0 unspecified atom stereocenters. The Hall–Kier alpha value is -1.63. The van der Waals surface area contributed by atoms with E-state index in [0.29, 0.717) is 0 Å². The number of hydrogen-bond donors (Lipinski definition) is 0. The van der Waals surface area contributed by atoms with Crippen LogP contribution in [0.15, 0.2) is 12.1 Å². The Morgan fingerprint density at radius 2 is 1.76 bits per heavy atom. The van der Waals surface area contributed by atoms with Crippen LogP contribution in [0.3, 0.4) is 0 Å². The Morgan fingerprint density at radius 1 is 1.24 bits per heavy atom. The van der Waals surface area contributed by atoms with Gasteiger partial charge in [0, 0.05) is 13.1 Å². The molecule has 90 valence electrons. The first-order valence-corrected chi connectivity index (χ1v) is 5.75. The van der Waals surface area contributed by atoms with Crippen molar-refractivity contribution >= 4 is 5.69 Å². The molecule has 1 aliphatic carbocycles. The fourth-order valence-electron chi connectivity index (χ4n) is 2.44. The molecule has 0 aliphatic heterocycles. The number of benzene rings is 1. The SMILES string of the molecule is CN(c1c(F)cc(C#N)cc1F)C1CCCC1. The first-order valence-electron chi connectivity index (χ1n) is 5.75. The zero-order valence-corrected chi connectivity index (χ0v) is 9.71. The van der Waals surface area contributed by atoms with Crippen LogP contribution in [-0.2, 0) is 0 Å². The third kappa shape index (κ3) is 2.23. The van der Waals surface area contributed by atoms with Crippen molar-refractivity contribution in [1.29, 1.82) is 5.26 Å². The van der Waals surface area contributed by atoms with Gasteiger partial charge < -0.3 is 4.90 Å². The van der Waals surface area contributed by atoms with Crippen LogP contribution in [0.25, 0.3) is 0 Å². The van der Waals surface area contributed by atoms with E-state index >= 15 is 0 Å². The fraction of sp³-hybridized carbons (Fsp3) is 0.462. The molecule has 1 aliphatic rings. The highest BCUT2D eigenvalue weighted by Crippen LogP contribution is 2.31. The van der Waals surface area contributed by atoms with Crippen LogP contribution in [-0.4, -0.2) is 13.1 Å². The summed E-state index contributed by atoms with van der Waals surface area (Å²) in [7, 11) is 1.71. The van der Waals surface area contributed by atoms with E-state index < -0.39 is 11.6 Å². The number of nitrogens with zero attached hydrogens (tertiary/aromatic N) is 2. The van der Waals surface area contributed by atoms with Crippen LogP contribution in [0.2, 0.25) is 0 Å². The average molecular weight is 236 g/mol. The molecule has 1 aromatic rings. The van der Waals surface area contributed by atoms with Crippen molar-refractivity contribution in [3.63, 3.8) is 0 Å². The molecule has 4 heteroatoms. The summed E-state index contributed by atoms with van der Waals surface area (Å²) in [5, 5.41) is 8.63. The van der Waals surface area contributed by atoms with E-state index in [4.69, 9.17) is 5.26 Å². The molecule has 2 rings (SSSR count). The second kappa shape index (κ2) is 4.70. The molecule has 1 saturated carbocycles. The van der Waals surface area contributed by atoms with Crippen molar-refractivity contribution in [2.24, 2.45) is 0 Å². The molecule has 0 radical (unpaired) electrons. The van der Waals surface area contributed by atoms with E-state index in [0.717, 1.165) is 37.8 Å². The molecule has 0 bridgehead atoms. The fourth-order valence-corrected chi connectivity index (χ4v) is 2.44. The highest BCUT2D eigenvalue weighted by atomic mass is 19.1. The van der Waals surface area contributed by atoms with Gasteiger partial charge in [0.05, 0.1) is 11.6 Å². The Kier molecular flexibility index (Phi) is 3.28. The zero-order chi connectivity index (χ0) is 12.4. The third-order valence-electron chi connectivity index (χ3n) is 3.37. The summed E-state index contributed by atoms with van der Waals surface area (Å²) >= 11 is 0. The van der Waals surface area contributed by atoms with Crippen molar-refractivity contribution in [2.75, 3.05) is 11.9 Å². The standard InChI is InChI=1S/C13H14F2N2/c1-17(10-4-2-3-5-10)13-11(14)6-9(8-16)7-12(13)15/h6-7,10H,2-5H2,1H3. The average Bonchev–Trinajstić information content (AvgIpc) is 2.81. The lowest BCUT2D eigenvalue weighted by molar-refractivity contribution is 0.554. The van der Waals surface area contributed by atoms with Crippen LogP contribution in [0.5, 0.6) is 0 Å². The second-order valence-corrected chi connectivity index (χ2v) is 4.45. The largest absolute Gasteiger partial charge is 0.367 e. The lowest BCUT2D eigenvalue weighted by Gasteiger charge is -2.27. The van der Waals surface area contributed by atoms with E-state index in [-0.39, 0.29) is 17.3 Å². The van der Waals surface area contributed by atoms with Gasteiger partial charge in [-0.1, -0.05) is 12.8 Å². The summed E-state index contributed by atoms with van der Waals surface area (Å²) in [6.45, 7) is 0. The van der Waals surface area contributed by atoms with Crippen molar-refractivity contribution in [2.45, 2.75) is 31.7 Å². The van der Waals surface area contributed by atoms with Crippen LogP contribution in [0.1, 0.15) is 31.2 Å². The summed E-state index contributed by atoms with van der Waals surface area (Å²) in [6, 6.07) is 4.12. The summed E-state index contributed by atoms with van der Waals surface area (Å²) < 4.78 is 27.5. The van der Waals surface area contributed by atoms with E-state index in [1.807, 2.05) is 0 Å². The van der Waals surface area contributed by atoms with Gasteiger partial charge in [-0.15, -0.1) is 0 Å². The van der Waals surface area contributed by atoms with E-state index in [1.54, 1.807) is 18.0 Å².